The lowest BCUT2D eigenvalue weighted by molar-refractivity contribution is 0.180. The minimum atomic E-state index is -0.876. The van der Waals surface area contributed by atoms with Gasteiger partial charge in [-0.25, -0.2) is 0 Å². The molecule has 2 atom stereocenters. The largest absolute Gasteiger partial charge is 0.490 e. The third-order valence-corrected chi connectivity index (χ3v) is 2.61. The van der Waals surface area contributed by atoms with Crippen molar-refractivity contribution in [2.24, 2.45) is 5.73 Å². The zero-order valence-corrected chi connectivity index (χ0v) is 11.8. The normalized spacial score (nSPS) is 15.1. The molecule has 1 rings (SSSR count). The molecule has 0 amide bonds. The molecule has 0 bridgehead atoms. The van der Waals surface area contributed by atoms with E-state index in [2.05, 4.69) is 13.0 Å². The zero-order valence-electron chi connectivity index (χ0n) is 11.8. The molecule has 0 aromatic heterocycles. The molecule has 0 fully saturated rings. The maximum Gasteiger partial charge on any atom is 0.161 e. The van der Waals surface area contributed by atoms with E-state index in [1.807, 2.05) is 31.2 Å². The van der Waals surface area contributed by atoms with Crippen LogP contribution in [0.15, 0.2) is 24.3 Å². The Morgan fingerprint density at radius 3 is 2.58 bits per heavy atom. The van der Waals surface area contributed by atoms with E-state index in [4.69, 9.17) is 20.5 Å². The highest BCUT2D eigenvalue weighted by Crippen LogP contribution is 2.28. The Balaban J connectivity index is 2.68. The highest BCUT2D eigenvalue weighted by molar-refractivity contribution is 5.39. The van der Waals surface area contributed by atoms with Gasteiger partial charge in [-0.05, 0) is 32.4 Å². The van der Waals surface area contributed by atoms with E-state index >= 15 is 0 Å². The maximum atomic E-state index is 8.92. The summed E-state index contributed by atoms with van der Waals surface area (Å²) in [4.78, 5) is 0. The van der Waals surface area contributed by atoms with E-state index < -0.39 is 5.54 Å². The SMILES string of the molecule is CCCOc1ccccc1OC(C)CC(C)(N)C#N. The van der Waals surface area contributed by atoms with E-state index in [9.17, 15) is 0 Å². The molecular formula is C15H22N2O2. The van der Waals surface area contributed by atoms with Crippen LogP contribution in [0.1, 0.15) is 33.6 Å². The van der Waals surface area contributed by atoms with Crippen LogP contribution < -0.4 is 15.2 Å². The molecular weight excluding hydrogens is 240 g/mol. The summed E-state index contributed by atoms with van der Waals surface area (Å²) in [6.45, 7) is 6.31. The molecule has 0 radical (unpaired) electrons. The van der Waals surface area contributed by atoms with Gasteiger partial charge in [0.15, 0.2) is 11.5 Å². The zero-order chi connectivity index (χ0) is 14.3. The third kappa shape index (κ3) is 5.19. The average Bonchev–Trinajstić information content (AvgIpc) is 2.37. The molecule has 1 aromatic rings. The molecule has 104 valence electrons. The average molecular weight is 262 g/mol. The summed E-state index contributed by atoms with van der Waals surface area (Å²) in [6, 6.07) is 9.62. The summed E-state index contributed by atoms with van der Waals surface area (Å²) in [7, 11) is 0. The van der Waals surface area contributed by atoms with Gasteiger partial charge in [0.05, 0.1) is 18.8 Å². The molecule has 19 heavy (non-hydrogen) atoms. The summed E-state index contributed by atoms with van der Waals surface area (Å²) in [5.74, 6) is 1.42. The molecule has 0 aliphatic rings. The van der Waals surface area contributed by atoms with E-state index in [0.29, 0.717) is 18.8 Å². The van der Waals surface area contributed by atoms with Crippen molar-refractivity contribution in [1.29, 1.82) is 5.26 Å². The molecule has 0 spiro atoms. The number of hydrogen-bond donors (Lipinski definition) is 1. The van der Waals surface area contributed by atoms with E-state index in [1.54, 1.807) is 6.92 Å². The molecule has 2 unspecified atom stereocenters. The monoisotopic (exact) mass is 262 g/mol. The number of nitrogens with two attached hydrogens (primary N) is 1. The Labute approximate surface area is 115 Å². The molecule has 4 heteroatoms. The highest BCUT2D eigenvalue weighted by Gasteiger charge is 2.22. The van der Waals surface area contributed by atoms with Crippen LogP contribution in [0.4, 0.5) is 0 Å². The van der Waals surface area contributed by atoms with Crippen LogP contribution in [0.5, 0.6) is 11.5 Å². The van der Waals surface area contributed by atoms with Crippen molar-refractivity contribution in [3.63, 3.8) is 0 Å². The number of nitrogens with zero attached hydrogens (tertiary/aromatic N) is 1. The Bertz CT molecular complexity index is 438. The molecule has 0 saturated carbocycles. The predicted octanol–water partition coefficient (Wildman–Crippen LogP) is 2.87. The summed E-state index contributed by atoms with van der Waals surface area (Å²) in [5.41, 5.74) is 4.94. The molecule has 2 N–H and O–H groups in total. The van der Waals surface area contributed by atoms with Crippen molar-refractivity contribution < 1.29 is 9.47 Å². The van der Waals surface area contributed by atoms with Crippen LogP contribution >= 0.6 is 0 Å². The molecule has 1 aromatic carbocycles. The Hall–Kier alpha value is -1.73. The quantitative estimate of drug-likeness (QED) is 0.820. The summed E-state index contributed by atoms with van der Waals surface area (Å²) < 4.78 is 11.4. The van der Waals surface area contributed by atoms with Crippen LogP contribution in [0, 0.1) is 11.3 Å². The van der Waals surface area contributed by atoms with Gasteiger partial charge in [0, 0.05) is 6.42 Å². The third-order valence-electron chi connectivity index (χ3n) is 2.61. The minimum absolute atomic E-state index is 0.152. The predicted molar refractivity (Wildman–Crippen MR) is 75.1 cm³/mol. The molecule has 0 saturated heterocycles. The van der Waals surface area contributed by atoms with Crippen LogP contribution in [0.25, 0.3) is 0 Å². The second-order valence-corrected chi connectivity index (χ2v) is 4.96. The lowest BCUT2D eigenvalue weighted by Crippen LogP contribution is -2.38. The van der Waals surface area contributed by atoms with Crippen molar-refractivity contribution >= 4 is 0 Å². The topological polar surface area (TPSA) is 68.3 Å². The second-order valence-electron chi connectivity index (χ2n) is 4.96. The van der Waals surface area contributed by atoms with E-state index in [-0.39, 0.29) is 6.10 Å². The van der Waals surface area contributed by atoms with Crippen LogP contribution in [0.2, 0.25) is 0 Å². The van der Waals surface area contributed by atoms with Gasteiger partial charge in [-0.15, -0.1) is 0 Å². The second kappa shape index (κ2) is 7.01. The fraction of sp³-hybridized carbons (Fsp3) is 0.533. The summed E-state index contributed by atoms with van der Waals surface area (Å²) in [6.07, 6.45) is 1.26. The van der Waals surface area contributed by atoms with Crippen molar-refractivity contribution in [3.8, 4) is 17.6 Å². The number of nitriles is 1. The number of rotatable bonds is 7. The van der Waals surface area contributed by atoms with Gasteiger partial charge in [-0.1, -0.05) is 19.1 Å². The molecule has 0 aliphatic carbocycles. The van der Waals surface area contributed by atoms with E-state index in [1.165, 1.54) is 0 Å². The van der Waals surface area contributed by atoms with Gasteiger partial charge >= 0.3 is 0 Å². The van der Waals surface area contributed by atoms with Gasteiger partial charge in [-0.3, -0.25) is 0 Å². The Morgan fingerprint density at radius 1 is 1.37 bits per heavy atom. The minimum Gasteiger partial charge on any atom is -0.490 e. The van der Waals surface area contributed by atoms with Crippen molar-refractivity contribution in [2.45, 2.75) is 45.3 Å². The van der Waals surface area contributed by atoms with Gasteiger partial charge in [-0.2, -0.15) is 5.26 Å². The van der Waals surface area contributed by atoms with Gasteiger partial charge < -0.3 is 15.2 Å². The van der Waals surface area contributed by atoms with E-state index in [0.717, 1.165) is 12.2 Å². The molecule has 0 heterocycles. The van der Waals surface area contributed by atoms with Gasteiger partial charge in [0.2, 0.25) is 0 Å². The van der Waals surface area contributed by atoms with Gasteiger partial charge in [0.25, 0.3) is 0 Å². The standard InChI is InChI=1S/C15H22N2O2/c1-4-9-18-13-7-5-6-8-14(13)19-12(2)10-15(3,17)11-16/h5-8,12H,4,9-10,17H2,1-3H3. The first kappa shape index (κ1) is 15.3. The lowest BCUT2D eigenvalue weighted by atomic mass is 9.98. The van der Waals surface area contributed by atoms with Crippen LogP contribution in [0.3, 0.4) is 0 Å². The van der Waals surface area contributed by atoms with Crippen molar-refractivity contribution in [3.05, 3.63) is 24.3 Å². The highest BCUT2D eigenvalue weighted by atomic mass is 16.5. The fourth-order valence-corrected chi connectivity index (χ4v) is 1.78. The Kier molecular flexibility index (Phi) is 5.65. The Morgan fingerprint density at radius 2 is 2.00 bits per heavy atom. The number of benzene rings is 1. The van der Waals surface area contributed by atoms with Crippen LogP contribution in [-0.4, -0.2) is 18.2 Å². The summed E-state index contributed by atoms with van der Waals surface area (Å²) >= 11 is 0. The molecule has 4 nitrogen and oxygen atoms in total. The fourth-order valence-electron chi connectivity index (χ4n) is 1.78. The van der Waals surface area contributed by atoms with Crippen LogP contribution in [-0.2, 0) is 0 Å². The summed E-state index contributed by atoms with van der Waals surface area (Å²) in [5, 5.41) is 8.92. The first-order valence-electron chi connectivity index (χ1n) is 6.57. The maximum absolute atomic E-state index is 8.92. The lowest BCUT2D eigenvalue weighted by Gasteiger charge is -2.22. The van der Waals surface area contributed by atoms with Crippen molar-refractivity contribution in [1.82, 2.24) is 0 Å². The number of ether oxygens (including phenoxy) is 2. The van der Waals surface area contributed by atoms with Gasteiger partial charge in [0.1, 0.15) is 5.54 Å². The number of para-hydroxylation sites is 2. The smallest absolute Gasteiger partial charge is 0.161 e. The molecule has 0 aliphatic heterocycles. The first-order chi connectivity index (χ1) is 8.98. The number of hydrogen-bond acceptors (Lipinski definition) is 4. The first-order valence-corrected chi connectivity index (χ1v) is 6.57. The van der Waals surface area contributed by atoms with Crippen molar-refractivity contribution in [2.75, 3.05) is 6.61 Å².